The molecule has 1 aliphatic carbocycles. The Kier molecular flexibility index (Phi) is 10.2. The molecule has 0 N–H and O–H groups in total. The maximum atomic E-state index is 2.60. The molecule has 0 aromatic carbocycles. The minimum Gasteiger partial charge on any atom is -0.0825 e. The molecule has 3 unspecified atom stereocenters. The molecule has 0 amide bonds. The Bertz CT molecular complexity index is 319. The zero-order valence-corrected chi connectivity index (χ0v) is 17.0. The first kappa shape index (κ1) is 20.8. The molecule has 0 heteroatoms. The van der Waals surface area contributed by atoms with Crippen LogP contribution in [-0.2, 0) is 0 Å². The lowest BCUT2D eigenvalue weighted by molar-refractivity contribution is 0.283. The average Bonchev–Trinajstić information content (AvgIpc) is 2.98. The van der Waals surface area contributed by atoms with E-state index in [0.29, 0.717) is 0 Å². The topological polar surface area (TPSA) is 0 Å². The summed E-state index contributed by atoms with van der Waals surface area (Å²) in [6.45, 7) is 14.4. The third-order valence-electron chi connectivity index (χ3n) is 6.18. The molecule has 1 saturated carbocycles. The predicted octanol–water partition coefficient (Wildman–Crippen LogP) is 8.03. The lowest BCUT2D eigenvalue weighted by Gasteiger charge is -2.26. The van der Waals surface area contributed by atoms with E-state index in [1.165, 1.54) is 64.2 Å². The molecule has 0 spiro atoms. The highest BCUT2D eigenvalue weighted by Gasteiger charge is 2.19. The van der Waals surface area contributed by atoms with Gasteiger partial charge in [-0.3, -0.25) is 0 Å². The third-order valence-corrected chi connectivity index (χ3v) is 6.18. The molecule has 0 heterocycles. The number of allylic oxidation sites excluding steroid dienone is 2. The van der Waals surface area contributed by atoms with Crippen LogP contribution in [0.2, 0.25) is 0 Å². The largest absolute Gasteiger partial charge is 0.0825 e. The van der Waals surface area contributed by atoms with Gasteiger partial charge in [-0.1, -0.05) is 97.6 Å². The van der Waals surface area contributed by atoms with E-state index in [1.807, 2.05) is 0 Å². The van der Waals surface area contributed by atoms with E-state index in [1.54, 1.807) is 5.57 Å². The monoisotopic (exact) mass is 320 g/mol. The Balaban J connectivity index is 2.39. The highest BCUT2D eigenvalue weighted by molar-refractivity contribution is 5.03. The summed E-state index contributed by atoms with van der Waals surface area (Å²) in [5, 5.41) is 0. The van der Waals surface area contributed by atoms with Crippen LogP contribution in [0.3, 0.4) is 0 Å². The van der Waals surface area contributed by atoms with Crippen LogP contribution in [-0.4, -0.2) is 0 Å². The van der Waals surface area contributed by atoms with Crippen LogP contribution in [0.15, 0.2) is 11.6 Å². The van der Waals surface area contributed by atoms with Gasteiger partial charge in [0, 0.05) is 0 Å². The highest BCUT2D eigenvalue weighted by atomic mass is 14.2. The van der Waals surface area contributed by atoms with Crippen molar-refractivity contribution in [3.8, 4) is 0 Å². The fraction of sp³-hybridized carbons (Fsp3) is 0.913. The molecule has 136 valence electrons. The molecule has 0 aromatic rings. The molecule has 23 heavy (non-hydrogen) atoms. The van der Waals surface area contributed by atoms with Gasteiger partial charge < -0.3 is 0 Å². The number of rotatable bonds is 11. The maximum Gasteiger partial charge on any atom is -0.0229 e. The highest BCUT2D eigenvalue weighted by Crippen LogP contribution is 2.32. The molecule has 1 aliphatic rings. The standard InChI is InChI=1S/C23H44/c1-7-8-13-23(18(2)3)21(6)17-20(5)16-19(4)14-15-22-11-9-10-12-22/h17-19,21-23H,7-16H2,1-6H3. The first-order valence-electron chi connectivity index (χ1n) is 10.6. The van der Waals surface area contributed by atoms with Crippen molar-refractivity contribution in [3.63, 3.8) is 0 Å². The molecule has 1 rings (SSSR count). The van der Waals surface area contributed by atoms with Gasteiger partial charge in [-0.2, -0.15) is 0 Å². The van der Waals surface area contributed by atoms with Crippen molar-refractivity contribution >= 4 is 0 Å². The van der Waals surface area contributed by atoms with Gasteiger partial charge >= 0.3 is 0 Å². The molecule has 0 radical (unpaired) electrons. The van der Waals surface area contributed by atoms with Crippen molar-refractivity contribution < 1.29 is 0 Å². The summed E-state index contributed by atoms with van der Waals surface area (Å²) in [6.07, 6.45) is 16.9. The van der Waals surface area contributed by atoms with E-state index in [4.69, 9.17) is 0 Å². The molecule has 0 nitrogen and oxygen atoms in total. The fourth-order valence-corrected chi connectivity index (χ4v) is 4.75. The van der Waals surface area contributed by atoms with Gasteiger partial charge in [-0.05, 0) is 49.4 Å². The SMILES string of the molecule is CCCCC(C(C)C)C(C)C=C(C)CC(C)CCC1CCCC1. The van der Waals surface area contributed by atoms with E-state index in [0.717, 1.165) is 29.6 Å². The molecule has 1 fully saturated rings. The minimum absolute atomic E-state index is 0.739. The zero-order chi connectivity index (χ0) is 17.2. The van der Waals surface area contributed by atoms with Crippen LogP contribution in [0.1, 0.15) is 106 Å². The van der Waals surface area contributed by atoms with Gasteiger partial charge in [-0.15, -0.1) is 0 Å². The minimum atomic E-state index is 0.739. The Morgan fingerprint density at radius 1 is 1.04 bits per heavy atom. The average molecular weight is 321 g/mol. The van der Waals surface area contributed by atoms with Crippen molar-refractivity contribution in [2.24, 2.45) is 29.6 Å². The molecule has 0 saturated heterocycles. The van der Waals surface area contributed by atoms with Crippen LogP contribution in [0, 0.1) is 29.6 Å². The summed E-state index contributed by atoms with van der Waals surface area (Å²) in [4.78, 5) is 0. The van der Waals surface area contributed by atoms with Gasteiger partial charge in [0.1, 0.15) is 0 Å². The summed E-state index contributed by atoms with van der Waals surface area (Å²) in [6, 6.07) is 0. The quantitative estimate of drug-likeness (QED) is 0.338. The zero-order valence-electron chi connectivity index (χ0n) is 17.0. The van der Waals surface area contributed by atoms with Crippen molar-refractivity contribution in [2.45, 2.75) is 106 Å². The number of unbranched alkanes of at least 4 members (excludes halogenated alkanes) is 1. The van der Waals surface area contributed by atoms with E-state index in [2.05, 4.69) is 47.6 Å². The van der Waals surface area contributed by atoms with Crippen LogP contribution in [0.25, 0.3) is 0 Å². The molecular weight excluding hydrogens is 276 g/mol. The van der Waals surface area contributed by atoms with Crippen LogP contribution in [0.4, 0.5) is 0 Å². The van der Waals surface area contributed by atoms with E-state index in [-0.39, 0.29) is 0 Å². The van der Waals surface area contributed by atoms with E-state index in [9.17, 15) is 0 Å². The molecular formula is C23H44. The van der Waals surface area contributed by atoms with E-state index >= 15 is 0 Å². The lowest BCUT2D eigenvalue weighted by Crippen LogP contribution is -2.17. The number of hydrogen-bond acceptors (Lipinski definition) is 0. The Labute approximate surface area is 147 Å². The van der Waals surface area contributed by atoms with Gasteiger partial charge in [0.15, 0.2) is 0 Å². The van der Waals surface area contributed by atoms with Crippen molar-refractivity contribution in [1.29, 1.82) is 0 Å². The van der Waals surface area contributed by atoms with Crippen molar-refractivity contribution in [1.82, 2.24) is 0 Å². The summed E-state index contributed by atoms with van der Waals surface area (Å²) in [5.41, 5.74) is 1.64. The normalized spacial score (nSPS) is 20.9. The van der Waals surface area contributed by atoms with Gasteiger partial charge in [0.05, 0.1) is 0 Å². The van der Waals surface area contributed by atoms with Gasteiger partial charge in [-0.25, -0.2) is 0 Å². The van der Waals surface area contributed by atoms with Gasteiger partial charge in [0.25, 0.3) is 0 Å². The van der Waals surface area contributed by atoms with Gasteiger partial charge in [0.2, 0.25) is 0 Å². The Morgan fingerprint density at radius 3 is 2.26 bits per heavy atom. The first-order chi connectivity index (χ1) is 10.9. The van der Waals surface area contributed by atoms with Crippen molar-refractivity contribution in [3.05, 3.63) is 11.6 Å². The van der Waals surface area contributed by atoms with Crippen LogP contribution < -0.4 is 0 Å². The number of hydrogen-bond donors (Lipinski definition) is 0. The summed E-state index contributed by atoms with van der Waals surface area (Å²) in [7, 11) is 0. The Hall–Kier alpha value is -0.260. The fourth-order valence-electron chi connectivity index (χ4n) is 4.75. The third kappa shape index (κ3) is 8.41. The maximum absolute atomic E-state index is 2.60. The molecule has 3 atom stereocenters. The lowest BCUT2D eigenvalue weighted by atomic mass is 9.79. The molecule has 0 aliphatic heterocycles. The molecule has 0 aromatic heterocycles. The summed E-state index contributed by atoms with van der Waals surface area (Å²) in [5.74, 6) is 4.33. The second-order valence-electron chi connectivity index (χ2n) is 8.96. The first-order valence-corrected chi connectivity index (χ1v) is 10.6. The van der Waals surface area contributed by atoms with Crippen LogP contribution in [0.5, 0.6) is 0 Å². The smallest absolute Gasteiger partial charge is 0.0229 e. The van der Waals surface area contributed by atoms with Crippen molar-refractivity contribution in [2.75, 3.05) is 0 Å². The summed E-state index contributed by atoms with van der Waals surface area (Å²) >= 11 is 0. The second kappa shape index (κ2) is 11.3. The van der Waals surface area contributed by atoms with E-state index < -0.39 is 0 Å². The Morgan fingerprint density at radius 2 is 1.70 bits per heavy atom. The predicted molar refractivity (Wildman–Crippen MR) is 106 cm³/mol. The summed E-state index contributed by atoms with van der Waals surface area (Å²) < 4.78 is 0. The molecule has 0 bridgehead atoms. The van der Waals surface area contributed by atoms with Crippen LogP contribution >= 0.6 is 0 Å². The second-order valence-corrected chi connectivity index (χ2v) is 8.96.